The van der Waals surface area contributed by atoms with Crippen molar-refractivity contribution < 1.29 is 13.7 Å². The third kappa shape index (κ3) is 5.18. The Morgan fingerprint density at radius 2 is 1.11 bits per heavy atom. The molecule has 0 radical (unpaired) electrons. The van der Waals surface area contributed by atoms with Crippen molar-refractivity contribution in [2.75, 3.05) is 0 Å². The Bertz CT molecular complexity index is 311. The zero-order valence-corrected chi connectivity index (χ0v) is 10.1. The van der Waals surface area contributed by atoms with Crippen molar-refractivity contribution in [2.45, 2.75) is 0 Å². The molecule has 2 heterocycles. The first-order chi connectivity index (χ1) is 8.80. The standard InChI is InChI=1S/C6H9B3O3.C5H5N/c1-4-7-10-8(5-2)12-9(6-3)11-7;1-2-4-6-5-3-1/h4-6H,1-3H2;1-5H. The summed E-state index contributed by atoms with van der Waals surface area (Å²) in [6.07, 6.45) is 3.50. The van der Waals surface area contributed by atoms with Crippen LogP contribution in [-0.4, -0.2) is 26.3 Å². The van der Waals surface area contributed by atoms with Crippen LogP contribution >= 0.6 is 0 Å². The molecule has 1 fully saturated rings. The summed E-state index contributed by atoms with van der Waals surface area (Å²) >= 11 is 0. The molecule has 0 unspecified atom stereocenters. The zero-order valence-electron chi connectivity index (χ0n) is 10.1. The maximum atomic E-state index is 5.19. The van der Waals surface area contributed by atoms with Gasteiger partial charge in [-0.05, 0) is 12.1 Å². The lowest BCUT2D eigenvalue weighted by Gasteiger charge is -2.26. The molecule has 90 valence electrons. The van der Waals surface area contributed by atoms with Gasteiger partial charge in [-0.25, -0.2) is 0 Å². The highest BCUT2D eigenvalue weighted by Crippen LogP contribution is 2.09. The third-order valence-corrected chi connectivity index (χ3v) is 1.95. The van der Waals surface area contributed by atoms with Gasteiger partial charge in [-0.2, -0.15) is 0 Å². The second-order valence-corrected chi connectivity index (χ2v) is 3.25. The highest BCUT2D eigenvalue weighted by atomic mass is 16.7. The third-order valence-electron chi connectivity index (χ3n) is 1.95. The molecule has 18 heavy (non-hydrogen) atoms. The molecule has 0 saturated carbocycles. The average molecular weight is 241 g/mol. The minimum atomic E-state index is -0.454. The van der Waals surface area contributed by atoms with Crippen LogP contribution in [0.15, 0.2) is 68.3 Å². The van der Waals surface area contributed by atoms with Gasteiger partial charge in [0.1, 0.15) is 0 Å². The van der Waals surface area contributed by atoms with Crippen LogP contribution in [0.5, 0.6) is 0 Å². The summed E-state index contributed by atoms with van der Waals surface area (Å²) in [4.78, 5) is 3.78. The van der Waals surface area contributed by atoms with E-state index < -0.39 is 21.4 Å². The van der Waals surface area contributed by atoms with Gasteiger partial charge in [0.25, 0.3) is 0 Å². The van der Waals surface area contributed by atoms with Crippen LogP contribution in [0.2, 0.25) is 0 Å². The molecule has 4 nitrogen and oxygen atoms in total. The number of hydrogen-bond acceptors (Lipinski definition) is 4. The lowest BCUT2D eigenvalue weighted by atomic mass is 9.70. The van der Waals surface area contributed by atoms with Crippen LogP contribution in [0.3, 0.4) is 0 Å². The summed E-state index contributed by atoms with van der Waals surface area (Å²) in [5.74, 6) is 4.65. The minimum Gasteiger partial charge on any atom is -0.445 e. The molecule has 0 aliphatic carbocycles. The predicted molar refractivity (Wildman–Crippen MR) is 75.3 cm³/mol. The van der Waals surface area contributed by atoms with E-state index in [1.54, 1.807) is 30.3 Å². The fourth-order valence-electron chi connectivity index (χ4n) is 1.14. The van der Waals surface area contributed by atoms with Gasteiger partial charge >= 0.3 is 21.4 Å². The molecular weight excluding hydrogens is 227 g/mol. The van der Waals surface area contributed by atoms with Crippen LogP contribution in [0.1, 0.15) is 0 Å². The zero-order chi connectivity index (χ0) is 13.2. The normalized spacial score (nSPS) is 14.3. The molecule has 0 atom stereocenters. The Labute approximate surface area is 109 Å². The molecule has 1 saturated heterocycles. The number of aromatic nitrogens is 1. The first-order valence-corrected chi connectivity index (χ1v) is 5.49. The molecule has 0 N–H and O–H groups in total. The van der Waals surface area contributed by atoms with E-state index in [0.29, 0.717) is 0 Å². The number of nitrogens with zero attached hydrogens (tertiary/aromatic N) is 1. The summed E-state index contributed by atoms with van der Waals surface area (Å²) in [5.41, 5.74) is 0. The van der Waals surface area contributed by atoms with Gasteiger partial charge < -0.3 is 13.7 Å². The monoisotopic (exact) mass is 241 g/mol. The van der Waals surface area contributed by atoms with Crippen LogP contribution < -0.4 is 0 Å². The van der Waals surface area contributed by atoms with Gasteiger partial charge in [0.05, 0.1) is 0 Å². The van der Waals surface area contributed by atoms with Crippen molar-refractivity contribution in [3.05, 3.63) is 68.3 Å². The molecule has 1 aliphatic heterocycles. The van der Waals surface area contributed by atoms with Gasteiger partial charge in [-0.3, -0.25) is 4.98 Å². The van der Waals surface area contributed by atoms with E-state index in [9.17, 15) is 0 Å². The fraction of sp³-hybridized carbons (Fsp3) is 0. The molecule has 0 amide bonds. The molecule has 0 spiro atoms. The second-order valence-electron chi connectivity index (χ2n) is 3.25. The van der Waals surface area contributed by atoms with E-state index in [1.807, 2.05) is 18.2 Å². The van der Waals surface area contributed by atoms with Crippen molar-refractivity contribution in [2.24, 2.45) is 0 Å². The lowest BCUT2D eigenvalue weighted by molar-refractivity contribution is 0.306. The first-order valence-electron chi connectivity index (χ1n) is 5.49. The highest BCUT2D eigenvalue weighted by molar-refractivity contribution is 6.78. The van der Waals surface area contributed by atoms with E-state index in [4.69, 9.17) is 13.7 Å². The van der Waals surface area contributed by atoms with E-state index >= 15 is 0 Å². The van der Waals surface area contributed by atoms with Gasteiger partial charge in [-0.15, -0.1) is 19.7 Å². The Hall–Kier alpha value is -1.56. The maximum absolute atomic E-state index is 5.19. The average Bonchev–Trinajstić information content (AvgIpc) is 2.49. The van der Waals surface area contributed by atoms with Gasteiger partial charge in [0.2, 0.25) is 0 Å². The van der Waals surface area contributed by atoms with E-state index in [0.717, 1.165) is 0 Å². The summed E-state index contributed by atoms with van der Waals surface area (Å²) in [5, 5.41) is 0. The van der Waals surface area contributed by atoms with Crippen molar-refractivity contribution in [3.63, 3.8) is 0 Å². The maximum Gasteiger partial charge on any atom is 0.458 e. The molecule has 0 bridgehead atoms. The van der Waals surface area contributed by atoms with Crippen molar-refractivity contribution in [3.8, 4) is 0 Å². The Balaban J connectivity index is 0.000000225. The summed E-state index contributed by atoms with van der Waals surface area (Å²) in [6, 6.07) is 5.72. The van der Waals surface area contributed by atoms with Crippen molar-refractivity contribution in [1.29, 1.82) is 0 Å². The Morgan fingerprint density at radius 1 is 0.722 bits per heavy atom. The van der Waals surface area contributed by atoms with Crippen LogP contribution in [0.4, 0.5) is 0 Å². The van der Waals surface area contributed by atoms with Gasteiger partial charge in [0.15, 0.2) is 0 Å². The molecule has 7 heteroatoms. The van der Waals surface area contributed by atoms with E-state index in [-0.39, 0.29) is 0 Å². The Morgan fingerprint density at radius 3 is 1.28 bits per heavy atom. The smallest absolute Gasteiger partial charge is 0.445 e. The van der Waals surface area contributed by atoms with Crippen LogP contribution in [0, 0.1) is 0 Å². The molecule has 1 aromatic heterocycles. The lowest BCUT2D eigenvalue weighted by Crippen LogP contribution is -2.46. The van der Waals surface area contributed by atoms with Crippen LogP contribution in [0.25, 0.3) is 0 Å². The summed E-state index contributed by atoms with van der Waals surface area (Å²) in [6.45, 7) is 10.6. The summed E-state index contributed by atoms with van der Waals surface area (Å²) < 4.78 is 15.6. The minimum absolute atomic E-state index is 0.454. The molecular formula is C11H14B3NO3. The van der Waals surface area contributed by atoms with E-state index in [2.05, 4.69) is 24.7 Å². The largest absolute Gasteiger partial charge is 0.458 e. The predicted octanol–water partition coefficient (Wildman–Crippen LogP) is 1.77. The molecule has 2 rings (SSSR count). The number of rotatable bonds is 3. The van der Waals surface area contributed by atoms with Crippen molar-refractivity contribution in [1.82, 2.24) is 4.98 Å². The molecule has 1 aliphatic rings. The van der Waals surface area contributed by atoms with Gasteiger partial charge in [0, 0.05) is 12.4 Å². The first kappa shape index (κ1) is 14.5. The SMILES string of the molecule is C=CB1OB(C=C)OB(C=C)O1.c1ccncc1. The summed E-state index contributed by atoms with van der Waals surface area (Å²) in [7, 11) is -1.36. The molecule has 1 aromatic rings. The van der Waals surface area contributed by atoms with Crippen LogP contribution in [-0.2, 0) is 13.7 Å². The Kier molecular flexibility index (Phi) is 6.87. The second kappa shape index (κ2) is 8.52. The van der Waals surface area contributed by atoms with E-state index in [1.165, 1.54) is 0 Å². The molecule has 0 aromatic carbocycles. The quantitative estimate of drug-likeness (QED) is 0.755. The fourth-order valence-corrected chi connectivity index (χ4v) is 1.14. The van der Waals surface area contributed by atoms with Gasteiger partial charge in [-0.1, -0.05) is 24.0 Å². The topological polar surface area (TPSA) is 40.6 Å². The number of pyridine rings is 1. The number of hydrogen-bond donors (Lipinski definition) is 0. The highest BCUT2D eigenvalue weighted by Gasteiger charge is 2.35. The van der Waals surface area contributed by atoms with Crippen molar-refractivity contribution >= 4 is 21.4 Å².